The molecule has 0 spiro atoms. The highest BCUT2D eigenvalue weighted by Crippen LogP contribution is 2.24. The Hall–Kier alpha value is -3.09. The molecule has 0 aliphatic heterocycles. The van der Waals surface area contributed by atoms with E-state index in [4.69, 9.17) is 17.3 Å². The molecule has 0 aliphatic rings. The molecule has 2 aromatic heterocycles. The normalized spacial score (nSPS) is 12.2. The minimum Gasteiger partial charge on any atom is -0.328 e. The van der Waals surface area contributed by atoms with Gasteiger partial charge in [-0.1, -0.05) is 29.8 Å². The Labute approximate surface area is 165 Å². The summed E-state index contributed by atoms with van der Waals surface area (Å²) in [6, 6.07) is 15.1. The van der Waals surface area contributed by atoms with Crippen molar-refractivity contribution in [3.63, 3.8) is 0 Å². The number of nitrogens with zero attached hydrogens (tertiary/aromatic N) is 3. The maximum absolute atomic E-state index is 13.4. The highest BCUT2D eigenvalue weighted by Gasteiger charge is 2.16. The topological polar surface area (TPSA) is 73.8 Å². The second kappa shape index (κ2) is 7.50. The summed E-state index contributed by atoms with van der Waals surface area (Å²) in [6.07, 6.45) is 2.89. The maximum atomic E-state index is 13.4. The van der Waals surface area contributed by atoms with Gasteiger partial charge < -0.3 is 5.73 Å². The van der Waals surface area contributed by atoms with Crippen LogP contribution >= 0.6 is 11.6 Å². The molecule has 0 saturated heterocycles. The molecule has 2 N–H and O–H groups in total. The van der Waals surface area contributed by atoms with Crippen molar-refractivity contribution in [1.82, 2.24) is 14.5 Å². The number of pyridine rings is 1. The number of fused-ring (bicyclic) bond motifs is 1. The fourth-order valence-corrected chi connectivity index (χ4v) is 3.44. The summed E-state index contributed by atoms with van der Waals surface area (Å²) in [5.74, 6) is -0.562. The van der Waals surface area contributed by atoms with Crippen molar-refractivity contribution < 1.29 is 4.39 Å². The first-order chi connectivity index (χ1) is 13.6. The van der Waals surface area contributed by atoms with Gasteiger partial charge in [0.05, 0.1) is 23.3 Å². The van der Waals surface area contributed by atoms with Crippen molar-refractivity contribution in [2.75, 3.05) is 6.54 Å². The Morgan fingerprint density at radius 1 is 1.07 bits per heavy atom. The van der Waals surface area contributed by atoms with Gasteiger partial charge in [0, 0.05) is 23.8 Å². The summed E-state index contributed by atoms with van der Waals surface area (Å²) in [5.41, 5.74) is 8.52. The van der Waals surface area contributed by atoms with E-state index in [-0.39, 0.29) is 18.1 Å². The lowest BCUT2D eigenvalue weighted by Gasteiger charge is -2.19. The van der Waals surface area contributed by atoms with E-state index in [9.17, 15) is 9.18 Å². The monoisotopic (exact) mass is 394 g/mol. The molecule has 28 heavy (non-hydrogen) atoms. The van der Waals surface area contributed by atoms with Crippen LogP contribution in [0.5, 0.6) is 0 Å². The number of rotatable bonds is 4. The van der Waals surface area contributed by atoms with E-state index < -0.39 is 5.95 Å². The zero-order valence-electron chi connectivity index (χ0n) is 14.7. The summed E-state index contributed by atoms with van der Waals surface area (Å²) in [7, 11) is 0. The van der Waals surface area contributed by atoms with E-state index in [0.29, 0.717) is 21.5 Å². The molecule has 4 aromatic rings. The molecule has 2 heterocycles. The van der Waals surface area contributed by atoms with Crippen molar-refractivity contribution in [3.05, 3.63) is 94.0 Å². The Kier molecular flexibility index (Phi) is 4.90. The van der Waals surface area contributed by atoms with E-state index in [0.717, 1.165) is 11.1 Å². The minimum absolute atomic E-state index is 0.201. The average Bonchev–Trinajstić information content (AvgIpc) is 2.70. The van der Waals surface area contributed by atoms with Crippen LogP contribution in [-0.2, 0) is 0 Å². The lowest BCUT2D eigenvalue weighted by atomic mass is 10.0. The zero-order valence-corrected chi connectivity index (χ0v) is 15.5. The van der Waals surface area contributed by atoms with Gasteiger partial charge in [-0.2, -0.15) is 4.39 Å². The first-order valence-corrected chi connectivity index (χ1v) is 9.03. The quantitative estimate of drug-likeness (QED) is 0.534. The van der Waals surface area contributed by atoms with Gasteiger partial charge in [-0.05, 0) is 47.0 Å². The van der Waals surface area contributed by atoms with Crippen molar-refractivity contribution in [1.29, 1.82) is 0 Å². The van der Waals surface area contributed by atoms with Crippen molar-refractivity contribution >= 4 is 22.5 Å². The summed E-state index contributed by atoms with van der Waals surface area (Å²) < 4.78 is 14.9. The molecule has 1 unspecified atom stereocenters. The summed E-state index contributed by atoms with van der Waals surface area (Å²) >= 11 is 6.08. The molecule has 0 radical (unpaired) electrons. The molecule has 1 atom stereocenters. The van der Waals surface area contributed by atoms with Gasteiger partial charge in [0.1, 0.15) is 0 Å². The van der Waals surface area contributed by atoms with Crippen LogP contribution in [0.2, 0.25) is 5.02 Å². The number of hydrogen-bond acceptors (Lipinski definition) is 4. The molecular formula is C21H16ClFN4O. The highest BCUT2D eigenvalue weighted by atomic mass is 35.5. The molecule has 140 valence electrons. The average molecular weight is 395 g/mol. The predicted molar refractivity (Wildman–Crippen MR) is 108 cm³/mol. The first-order valence-electron chi connectivity index (χ1n) is 8.65. The number of nitrogens with two attached hydrogens (primary N) is 1. The first kappa shape index (κ1) is 18.3. The minimum atomic E-state index is -0.562. The lowest BCUT2D eigenvalue weighted by molar-refractivity contribution is 0.570. The Balaban J connectivity index is 1.81. The number of benzene rings is 2. The zero-order chi connectivity index (χ0) is 19.7. The number of halogens is 2. The fraction of sp³-hybridized carbons (Fsp3) is 0.0952. The number of aromatic nitrogens is 3. The standard InChI is InChI=1S/C21H16ClFN4O/c22-16-3-1-2-15(8-16)19(11-24)27-12-26-18-9-13(4-5-17(18)21(27)28)14-6-7-25-20(23)10-14/h1-10,12,19H,11,24H2. The SMILES string of the molecule is NCC(c1cccc(Cl)c1)n1cnc2cc(-c3ccnc(F)c3)ccc2c1=O. The van der Waals surface area contributed by atoms with Crippen LogP contribution in [0.25, 0.3) is 22.0 Å². The summed E-state index contributed by atoms with van der Waals surface area (Å²) in [6.45, 7) is 0.224. The second-order valence-corrected chi connectivity index (χ2v) is 6.80. The van der Waals surface area contributed by atoms with Crippen LogP contribution in [-0.4, -0.2) is 21.1 Å². The van der Waals surface area contributed by atoms with Crippen molar-refractivity contribution in [2.45, 2.75) is 6.04 Å². The summed E-state index contributed by atoms with van der Waals surface area (Å²) in [5, 5.41) is 1.04. The van der Waals surface area contributed by atoms with E-state index in [2.05, 4.69) is 9.97 Å². The van der Waals surface area contributed by atoms with E-state index in [1.54, 1.807) is 36.4 Å². The van der Waals surface area contributed by atoms with Crippen LogP contribution in [0.4, 0.5) is 4.39 Å². The molecule has 0 bridgehead atoms. The van der Waals surface area contributed by atoms with Crippen LogP contribution in [0.1, 0.15) is 11.6 Å². The van der Waals surface area contributed by atoms with E-state index in [1.807, 2.05) is 12.1 Å². The maximum Gasteiger partial charge on any atom is 0.261 e. The molecule has 7 heteroatoms. The van der Waals surface area contributed by atoms with Gasteiger partial charge in [0.2, 0.25) is 5.95 Å². The Morgan fingerprint density at radius 2 is 1.89 bits per heavy atom. The van der Waals surface area contributed by atoms with Crippen molar-refractivity contribution in [3.8, 4) is 11.1 Å². The molecule has 0 saturated carbocycles. The molecular weight excluding hydrogens is 379 g/mol. The van der Waals surface area contributed by atoms with Gasteiger partial charge in [-0.15, -0.1) is 0 Å². The number of hydrogen-bond donors (Lipinski definition) is 1. The third-order valence-corrected chi connectivity index (χ3v) is 4.87. The van der Waals surface area contributed by atoms with Crippen LogP contribution < -0.4 is 11.3 Å². The molecule has 0 aliphatic carbocycles. The third-order valence-electron chi connectivity index (χ3n) is 4.64. The molecule has 5 nitrogen and oxygen atoms in total. The van der Waals surface area contributed by atoms with Crippen LogP contribution in [0.15, 0.2) is 71.9 Å². The van der Waals surface area contributed by atoms with E-state index >= 15 is 0 Å². The highest BCUT2D eigenvalue weighted by molar-refractivity contribution is 6.30. The van der Waals surface area contributed by atoms with Gasteiger partial charge in [-0.25, -0.2) is 9.97 Å². The van der Waals surface area contributed by atoms with E-state index in [1.165, 1.54) is 23.2 Å². The van der Waals surface area contributed by atoms with Gasteiger partial charge in [0.15, 0.2) is 0 Å². The van der Waals surface area contributed by atoms with Gasteiger partial charge >= 0.3 is 0 Å². The van der Waals surface area contributed by atoms with Gasteiger partial charge in [0.25, 0.3) is 5.56 Å². The Bertz CT molecular complexity index is 1220. The predicted octanol–water partition coefficient (Wildman–Crippen LogP) is 3.80. The molecule has 4 rings (SSSR count). The molecule has 0 fully saturated rings. The molecule has 0 amide bonds. The van der Waals surface area contributed by atoms with Gasteiger partial charge in [-0.3, -0.25) is 9.36 Å². The van der Waals surface area contributed by atoms with Crippen LogP contribution in [0, 0.1) is 5.95 Å². The fourth-order valence-electron chi connectivity index (χ4n) is 3.24. The molecule has 2 aromatic carbocycles. The third kappa shape index (κ3) is 3.40. The van der Waals surface area contributed by atoms with Crippen LogP contribution in [0.3, 0.4) is 0 Å². The lowest BCUT2D eigenvalue weighted by Crippen LogP contribution is -2.30. The largest absolute Gasteiger partial charge is 0.328 e. The summed E-state index contributed by atoms with van der Waals surface area (Å²) in [4.78, 5) is 21.0. The van der Waals surface area contributed by atoms with Crippen molar-refractivity contribution in [2.24, 2.45) is 5.73 Å². The second-order valence-electron chi connectivity index (χ2n) is 6.36. The smallest absolute Gasteiger partial charge is 0.261 e. The Morgan fingerprint density at radius 3 is 2.64 bits per heavy atom.